The molecule has 1 aliphatic carbocycles. The third-order valence-corrected chi connectivity index (χ3v) is 6.80. The standard InChI is InChI=1S/C27H32S/c1-6-22-13-15-24(16-14-22)25-17-12-20(4)27(26(25)19(2)3)21(5)28-18-23-10-8-7-9-11-23/h7-11,13-16,25H,4,6,12,17-18H2,1-3,5H3/b27-21+. The van der Waals surface area contributed by atoms with Gasteiger partial charge in [-0.25, -0.2) is 0 Å². The maximum absolute atomic E-state index is 4.45. The molecule has 1 aliphatic rings. The van der Waals surface area contributed by atoms with Gasteiger partial charge in [0.2, 0.25) is 0 Å². The third kappa shape index (κ3) is 4.70. The number of hydrogen-bond acceptors (Lipinski definition) is 1. The number of hydrogen-bond donors (Lipinski definition) is 0. The average molecular weight is 389 g/mol. The molecule has 0 N–H and O–H groups in total. The van der Waals surface area contributed by atoms with Crippen molar-refractivity contribution in [3.63, 3.8) is 0 Å². The maximum Gasteiger partial charge on any atom is 0.0228 e. The van der Waals surface area contributed by atoms with E-state index in [1.54, 1.807) is 0 Å². The Hall–Kier alpha value is -1.99. The minimum Gasteiger partial charge on any atom is -0.125 e. The van der Waals surface area contributed by atoms with E-state index in [2.05, 4.69) is 88.9 Å². The van der Waals surface area contributed by atoms with Crippen molar-refractivity contribution in [3.05, 3.63) is 105 Å². The van der Waals surface area contributed by atoms with E-state index in [1.165, 1.54) is 43.9 Å². The number of benzene rings is 2. The largest absolute Gasteiger partial charge is 0.125 e. The number of allylic oxidation sites excluding steroid dienone is 5. The average Bonchev–Trinajstić information content (AvgIpc) is 2.72. The molecule has 0 bridgehead atoms. The normalized spacial score (nSPS) is 18.9. The quantitative estimate of drug-likeness (QED) is 0.497. The zero-order valence-corrected chi connectivity index (χ0v) is 18.5. The van der Waals surface area contributed by atoms with Crippen LogP contribution in [0.3, 0.4) is 0 Å². The van der Waals surface area contributed by atoms with E-state index in [1.807, 2.05) is 11.8 Å². The van der Waals surface area contributed by atoms with Crippen LogP contribution in [0.2, 0.25) is 0 Å². The van der Waals surface area contributed by atoms with Gasteiger partial charge in [-0.05, 0) is 78.3 Å². The fourth-order valence-corrected chi connectivity index (χ4v) is 5.12. The molecule has 0 saturated heterocycles. The van der Waals surface area contributed by atoms with Crippen molar-refractivity contribution in [2.45, 2.75) is 58.6 Å². The van der Waals surface area contributed by atoms with Gasteiger partial charge >= 0.3 is 0 Å². The number of rotatable bonds is 5. The van der Waals surface area contributed by atoms with E-state index in [4.69, 9.17) is 0 Å². The first-order chi connectivity index (χ1) is 13.5. The van der Waals surface area contributed by atoms with E-state index in [9.17, 15) is 0 Å². The molecule has 0 nitrogen and oxygen atoms in total. The summed E-state index contributed by atoms with van der Waals surface area (Å²) in [6.45, 7) is 13.5. The Morgan fingerprint density at radius 1 is 0.964 bits per heavy atom. The summed E-state index contributed by atoms with van der Waals surface area (Å²) in [5, 5.41) is 0. The highest BCUT2D eigenvalue weighted by molar-refractivity contribution is 8.02. The van der Waals surface area contributed by atoms with Crippen molar-refractivity contribution in [1.29, 1.82) is 0 Å². The Morgan fingerprint density at radius 3 is 2.25 bits per heavy atom. The molecular weight excluding hydrogens is 356 g/mol. The fraction of sp³-hybridized carbons (Fsp3) is 0.333. The van der Waals surface area contributed by atoms with Gasteiger partial charge in [0.25, 0.3) is 0 Å². The Kier molecular flexibility index (Phi) is 7.02. The summed E-state index contributed by atoms with van der Waals surface area (Å²) in [6.07, 6.45) is 3.33. The molecule has 1 heteroatoms. The summed E-state index contributed by atoms with van der Waals surface area (Å²) in [4.78, 5) is 1.40. The van der Waals surface area contributed by atoms with Crippen LogP contribution in [-0.4, -0.2) is 0 Å². The van der Waals surface area contributed by atoms with Crippen LogP contribution in [0, 0.1) is 0 Å². The molecule has 0 aliphatic heterocycles. The lowest BCUT2D eigenvalue weighted by atomic mass is 9.73. The molecule has 146 valence electrons. The van der Waals surface area contributed by atoms with Crippen molar-refractivity contribution in [3.8, 4) is 0 Å². The zero-order valence-electron chi connectivity index (χ0n) is 17.7. The predicted octanol–water partition coefficient (Wildman–Crippen LogP) is 8.23. The summed E-state index contributed by atoms with van der Waals surface area (Å²) < 4.78 is 0. The molecular formula is C27H32S. The Labute approximate surface area is 175 Å². The van der Waals surface area contributed by atoms with Crippen molar-refractivity contribution in [2.24, 2.45) is 0 Å². The second kappa shape index (κ2) is 9.47. The highest BCUT2D eigenvalue weighted by atomic mass is 32.2. The van der Waals surface area contributed by atoms with Crippen molar-refractivity contribution in [1.82, 2.24) is 0 Å². The number of aryl methyl sites for hydroxylation is 1. The molecule has 0 spiro atoms. The molecule has 1 fully saturated rings. The highest BCUT2D eigenvalue weighted by Crippen LogP contribution is 2.47. The van der Waals surface area contributed by atoms with Crippen LogP contribution in [-0.2, 0) is 12.2 Å². The lowest BCUT2D eigenvalue weighted by Gasteiger charge is -2.33. The molecule has 0 amide bonds. The molecule has 0 heterocycles. The smallest absolute Gasteiger partial charge is 0.0228 e. The van der Waals surface area contributed by atoms with Crippen LogP contribution >= 0.6 is 11.8 Å². The lowest BCUT2D eigenvalue weighted by molar-refractivity contribution is 0.667. The first kappa shape index (κ1) is 20.7. The van der Waals surface area contributed by atoms with Gasteiger partial charge < -0.3 is 0 Å². The van der Waals surface area contributed by atoms with Gasteiger partial charge in [0.05, 0.1) is 0 Å². The van der Waals surface area contributed by atoms with Gasteiger partial charge in [0.1, 0.15) is 0 Å². The van der Waals surface area contributed by atoms with Crippen LogP contribution in [0.4, 0.5) is 0 Å². The van der Waals surface area contributed by atoms with Gasteiger partial charge in [-0.1, -0.05) is 73.7 Å². The molecule has 2 aromatic rings. The highest BCUT2D eigenvalue weighted by Gasteiger charge is 2.29. The van der Waals surface area contributed by atoms with E-state index >= 15 is 0 Å². The molecule has 0 radical (unpaired) electrons. The van der Waals surface area contributed by atoms with Crippen LogP contribution in [0.15, 0.2) is 88.4 Å². The van der Waals surface area contributed by atoms with E-state index in [0.29, 0.717) is 5.92 Å². The summed E-state index contributed by atoms with van der Waals surface area (Å²) in [5.41, 5.74) is 9.86. The van der Waals surface area contributed by atoms with Gasteiger partial charge in [-0.3, -0.25) is 0 Å². The first-order valence-corrected chi connectivity index (χ1v) is 11.3. The molecule has 0 aromatic heterocycles. The van der Waals surface area contributed by atoms with Crippen molar-refractivity contribution in [2.75, 3.05) is 0 Å². The third-order valence-electron chi connectivity index (χ3n) is 5.69. The van der Waals surface area contributed by atoms with Gasteiger partial charge in [0, 0.05) is 11.7 Å². The van der Waals surface area contributed by atoms with Crippen molar-refractivity contribution >= 4 is 11.8 Å². The Balaban J connectivity index is 1.93. The summed E-state index contributed by atoms with van der Waals surface area (Å²) in [6, 6.07) is 20.0. The van der Waals surface area contributed by atoms with Gasteiger partial charge in [0.15, 0.2) is 0 Å². The van der Waals surface area contributed by atoms with E-state index in [-0.39, 0.29) is 0 Å². The fourth-order valence-electron chi connectivity index (χ4n) is 4.15. The second-order valence-corrected chi connectivity index (χ2v) is 9.10. The van der Waals surface area contributed by atoms with Crippen LogP contribution in [0.1, 0.15) is 63.1 Å². The molecule has 1 saturated carbocycles. The second-order valence-electron chi connectivity index (χ2n) is 7.91. The van der Waals surface area contributed by atoms with Crippen LogP contribution in [0.25, 0.3) is 0 Å². The molecule has 3 rings (SSSR count). The summed E-state index contributed by atoms with van der Waals surface area (Å²) in [7, 11) is 0. The molecule has 2 aromatic carbocycles. The minimum absolute atomic E-state index is 0.476. The van der Waals surface area contributed by atoms with Crippen LogP contribution < -0.4 is 0 Å². The SMILES string of the molecule is C=C1CCC(c2ccc(CC)cc2)C(=C(C)C)/C1=C(\C)SCc1ccccc1. The molecule has 1 atom stereocenters. The van der Waals surface area contributed by atoms with Gasteiger partial charge in [-0.2, -0.15) is 0 Å². The summed E-state index contributed by atoms with van der Waals surface area (Å²) in [5.74, 6) is 1.48. The zero-order chi connectivity index (χ0) is 20.1. The Morgan fingerprint density at radius 2 is 1.64 bits per heavy atom. The molecule has 1 unspecified atom stereocenters. The first-order valence-electron chi connectivity index (χ1n) is 10.3. The van der Waals surface area contributed by atoms with Crippen LogP contribution in [0.5, 0.6) is 0 Å². The monoisotopic (exact) mass is 388 g/mol. The molecule has 28 heavy (non-hydrogen) atoms. The van der Waals surface area contributed by atoms with Crippen molar-refractivity contribution < 1.29 is 0 Å². The summed E-state index contributed by atoms with van der Waals surface area (Å²) >= 11 is 1.95. The maximum atomic E-state index is 4.45. The lowest BCUT2D eigenvalue weighted by Crippen LogP contribution is -2.15. The minimum atomic E-state index is 0.476. The topological polar surface area (TPSA) is 0 Å². The van der Waals surface area contributed by atoms with Gasteiger partial charge in [-0.15, -0.1) is 11.8 Å². The predicted molar refractivity (Wildman–Crippen MR) is 126 cm³/mol. The Bertz CT molecular complexity index is 878. The van der Waals surface area contributed by atoms with E-state index < -0.39 is 0 Å². The van der Waals surface area contributed by atoms with E-state index in [0.717, 1.165) is 25.0 Å². The number of thioether (sulfide) groups is 1.